The lowest BCUT2D eigenvalue weighted by Gasteiger charge is -2.09. The van der Waals surface area contributed by atoms with Gasteiger partial charge >= 0.3 is 0 Å². The van der Waals surface area contributed by atoms with Crippen LogP contribution in [0.4, 0.5) is 5.82 Å². The van der Waals surface area contributed by atoms with Crippen LogP contribution in [-0.2, 0) is 0 Å². The van der Waals surface area contributed by atoms with Crippen LogP contribution in [-0.4, -0.2) is 20.7 Å². The van der Waals surface area contributed by atoms with E-state index in [1.54, 1.807) is 24.4 Å². The van der Waals surface area contributed by atoms with Gasteiger partial charge in [0.15, 0.2) is 5.65 Å². The number of nitrogens with zero attached hydrogens (tertiary/aromatic N) is 4. The van der Waals surface area contributed by atoms with Crippen LogP contribution < -0.4 is 5.43 Å². The molecule has 6 heteroatoms. The standard InChI is InChI=1S/C20H15N5O/c1-13-10-19(24-22-12-14-6-2-5-9-18(14)26)25-17-8-4-3-7-16(17)23-20(25)15(13)11-21/h2-10,12,24,26H,1H3/b22-12+. The number of fused-ring (bicyclic) bond motifs is 3. The highest BCUT2D eigenvalue weighted by Gasteiger charge is 2.14. The average molecular weight is 341 g/mol. The first-order valence-electron chi connectivity index (χ1n) is 8.07. The third-order valence-electron chi connectivity index (χ3n) is 4.20. The number of benzene rings is 2. The highest BCUT2D eigenvalue weighted by Crippen LogP contribution is 2.26. The van der Waals surface area contributed by atoms with Crippen LogP contribution in [0.1, 0.15) is 16.7 Å². The Hall–Kier alpha value is -3.85. The summed E-state index contributed by atoms with van der Waals surface area (Å²) in [7, 11) is 0. The fourth-order valence-electron chi connectivity index (χ4n) is 2.94. The van der Waals surface area contributed by atoms with E-state index in [1.165, 1.54) is 0 Å². The molecule has 0 unspecified atom stereocenters. The first-order chi connectivity index (χ1) is 12.7. The molecule has 2 aromatic carbocycles. The minimum Gasteiger partial charge on any atom is -0.507 e. The van der Waals surface area contributed by atoms with E-state index < -0.39 is 0 Å². The van der Waals surface area contributed by atoms with E-state index in [9.17, 15) is 10.4 Å². The number of rotatable bonds is 3. The molecule has 2 N–H and O–H groups in total. The Balaban J connectivity index is 1.85. The van der Waals surface area contributed by atoms with Gasteiger partial charge in [-0.05, 0) is 42.8 Å². The quantitative estimate of drug-likeness (QED) is 0.438. The number of hydrogen-bond donors (Lipinski definition) is 2. The molecular formula is C20H15N5O. The maximum Gasteiger partial charge on any atom is 0.157 e. The van der Waals surface area contributed by atoms with Crippen molar-refractivity contribution in [2.24, 2.45) is 5.10 Å². The zero-order valence-electron chi connectivity index (χ0n) is 14.0. The van der Waals surface area contributed by atoms with Crippen molar-refractivity contribution in [3.05, 3.63) is 71.3 Å². The second kappa shape index (κ2) is 6.22. The SMILES string of the molecule is Cc1cc(N/N=C/c2ccccc2O)n2c(nc3ccccc32)c1C#N. The maximum atomic E-state index is 9.83. The molecule has 2 heterocycles. The molecule has 6 nitrogen and oxygen atoms in total. The Morgan fingerprint density at radius 2 is 1.96 bits per heavy atom. The van der Waals surface area contributed by atoms with Crippen molar-refractivity contribution in [1.29, 1.82) is 5.26 Å². The van der Waals surface area contributed by atoms with Crippen LogP contribution in [0.5, 0.6) is 5.75 Å². The molecule has 0 saturated carbocycles. The zero-order valence-corrected chi connectivity index (χ0v) is 14.0. The molecule has 0 spiro atoms. The summed E-state index contributed by atoms with van der Waals surface area (Å²) in [6, 6.07) is 18.8. The summed E-state index contributed by atoms with van der Waals surface area (Å²) in [5.74, 6) is 0.851. The molecule has 0 aliphatic rings. The van der Waals surface area contributed by atoms with Crippen molar-refractivity contribution < 1.29 is 5.11 Å². The lowest BCUT2D eigenvalue weighted by molar-refractivity contribution is 0.474. The van der Waals surface area contributed by atoms with E-state index >= 15 is 0 Å². The van der Waals surface area contributed by atoms with Gasteiger partial charge < -0.3 is 5.11 Å². The number of aromatic hydroxyl groups is 1. The Morgan fingerprint density at radius 3 is 2.77 bits per heavy atom. The van der Waals surface area contributed by atoms with Crippen molar-refractivity contribution in [3.8, 4) is 11.8 Å². The van der Waals surface area contributed by atoms with Gasteiger partial charge in [0.2, 0.25) is 0 Å². The highest BCUT2D eigenvalue weighted by atomic mass is 16.3. The number of imidazole rings is 1. The van der Waals surface area contributed by atoms with Crippen LogP contribution >= 0.6 is 0 Å². The minimum atomic E-state index is 0.160. The number of nitriles is 1. The van der Waals surface area contributed by atoms with E-state index in [1.807, 2.05) is 47.7 Å². The van der Waals surface area contributed by atoms with Crippen molar-refractivity contribution in [2.75, 3.05) is 5.43 Å². The summed E-state index contributed by atoms with van der Waals surface area (Å²) in [6.07, 6.45) is 1.55. The maximum absolute atomic E-state index is 9.83. The molecule has 4 rings (SSSR count). The Morgan fingerprint density at radius 1 is 1.19 bits per heavy atom. The lowest BCUT2D eigenvalue weighted by atomic mass is 10.1. The zero-order chi connectivity index (χ0) is 18.1. The van der Waals surface area contributed by atoms with Gasteiger partial charge in [0, 0.05) is 5.56 Å². The second-order valence-corrected chi connectivity index (χ2v) is 5.89. The average Bonchev–Trinajstić information content (AvgIpc) is 3.03. The number of aryl methyl sites for hydroxylation is 1. The second-order valence-electron chi connectivity index (χ2n) is 5.89. The van der Waals surface area contributed by atoms with Crippen molar-refractivity contribution in [1.82, 2.24) is 9.38 Å². The number of pyridine rings is 1. The topological polar surface area (TPSA) is 85.7 Å². The third kappa shape index (κ3) is 2.52. The van der Waals surface area contributed by atoms with Crippen LogP contribution in [0.2, 0.25) is 0 Å². The number of phenols is 1. The van der Waals surface area contributed by atoms with Crippen LogP contribution in [0.3, 0.4) is 0 Å². The summed E-state index contributed by atoms with van der Waals surface area (Å²) < 4.78 is 1.88. The number of hydrazone groups is 1. The van der Waals surface area contributed by atoms with Gasteiger partial charge in [-0.2, -0.15) is 10.4 Å². The van der Waals surface area contributed by atoms with Crippen LogP contribution in [0.25, 0.3) is 16.7 Å². The summed E-state index contributed by atoms with van der Waals surface area (Å²) in [6.45, 7) is 1.87. The molecule has 4 aromatic rings. The van der Waals surface area contributed by atoms with Gasteiger partial charge in [0.25, 0.3) is 0 Å². The van der Waals surface area contributed by atoms with Crippen molar-refractivity contribution >= 4 is 28.7 Å². The van der Waals surface area contributed by atoms with E-state index in [2.05, 4.69) is 21.6 Å². The molecule has 0 fully saturated rings. The number of phenolic OH excluding ortho intramolecular Hbond substituents is 1. The summed E-state index contributed by atoms with van der Waals surface area (Å²) in [5.41, 5.74) is 7.26. The number of anilines is 1. The van der Waals surface area contributed by atoms with Crippen molar-refractivity contribution in [3.63, 3.8) is 0 Å². The predicted octanol–water partition coefficient (Wildman–Crippen LogP) is 3.82. The smallest absolute Gasteiger partial charge is 0.157 e. The molecule has 0 atom stereocenters. The third-order valence-corrected chi connectivity index (χ3v) is 4.20. The van der Waals surface area contributed by atoms with Gasteiger partial charge in [-0.3, -0.25) is 9.83 Å². The minimum absolute atomic E-state index is 0.160. The summed E-state index contributed by atoms with van der Waals surface area (Å²) in [5, 5.41) is 23.6. The fraction of sp³-hybridized carbons (Fsp3) is 0.0500. The molecule has 0 aliphatic carbocycles. The van der Waals surface area contributed by atoms with Gasteiger partial charge in [-0.25, -0.2) is 4.98 Å². The Kier molecular flexibility index (Phi) is 3.75. The normalized spacial score (nSPS) is 11.2. The van der Waals surface area contributed by atoms with Gasteiger partial charge in [0.1, 0.15) is 17.6 Å². The molecule has 26 heavy (non-hydrogen) atoms. The van der Waals surface area contributed by atoms with E-state index in [4.69, 9.17) is 0 Å². The van der Waals surface area contributed by atoms with E-state index in [-0.39, 0.29) is 5.75 Å². The molecule has 0 radical (unpaired) electrons. The van der Waals surface area contributed by atoms with Crippen LogP contribution in [0.15, 0.2) is 59.7 Å². The predicted molar refractivity (Wildman–Crippen MR) is 101 cm³/mol. The molecule has 2 aromatic heterocycles. The molecule has 0 amide bonds. The molecule has 0 saturated heterocycles. The lowest BCUT2D eigenvalue weighted by Crippen LogP contribution is -2.01. The van der Waals surface area contributed by atoms with E-state index in [0.717, 1.165) is 16.6 Å². The first kappa shape index (κ1) is 15.7. The molecule has 0 aliphatic heterocycles. The number of nitrogens with one attached hydrogen (secondary N) is 1. The Labute approximate surface area is 149 Å². The van der Waals surface area contributed by atoms with E-state index in [0.29, 0.717) is 22.6 Å². The fourth-order valence-corrected chi connectivity index (χ4v) is 2.94. The monoisotopic (exact) mass is 341 g/mol. The molecule has 126 valence electrons. The summed E-state index contributed by atoms with van der Waals surface area (Å²) >= 11 is 0. The number of para-hydroxylation sites is 3. The van der Waals surface area contributed by atoms with Gasteiger partial charge in [-0.1, -0.05) is 24.3 Å². The first-order valence-corrected chi connectivity index (χ1v) is 8.07. The van der Waals surface area contributed by atoms with Crippen LogP contribution in [0, 0.1) is 18.3 Å². The largest absolute Gasteiger partial charge is 0.507 e. The highest BCUT2D eigenvalue weighted by molar-refractivity contribution is 5.86. The Bertz CT molecular complexity index is 1200. The number of hydrogen-bond acceptors (Lipinski definition) is 5. The van der Waals surface area contributed by atoms with Crippen molar-refractivity contribution in [2.45, 2.75) is 6.92 Å². The molecule has 0 bridgehead atoms. The summed E-state index contributed by atoms with van der Waals surface area (Å²) in [4.78, 5) is 4.60. The number of aromatic nitrogens is 2. The van der Waals surface area contributed by atoms with Gasteiger partial charge in [-0.15, -0.1) is 0 Å². The molecular weight excluding hydrogens is 326 g/mol. The van der Waals surface area contributed by atoms with Gasteiger partial charge in [0.05, 0.1) is 22.8 Å².